The molecule has 5 rings (SSSR count). The lowest BCUT2D eigenvalue weighted by atomic mass is 10.2. The standard InChI is InChI=1S/C22H22ClN5O3S/c1-10-3-6-13(23)9-15(10)24-19(29)11(2)32-21-16-18(25-17(26-21)12-4-5-12)28(14-7-8-14)22(31)27-20(16)30/h3,6,9,11-12,14H,4-5,7-8H2,1-2H3,(H,24,29)(H,27,30,31). The smallest absolute Gasteiger partial charge is 0.325 e. The van der Waals surface area contributed by atoms with Crippen LogP contribution in [0.3, 0.4) is 0 Å². The monoisotopic (exact) mass is 471 g/mol. The van der Waals surface area contributed by atoms with Crippen molar-refractivity contribution < 1.29 is 4.79 Å². The summed E-state index contributed by atoms with van der Waals surface area (Å²) in [5.41, 5.74) is 0.947. The number of hydrogen-bond donors (Lipinski definition) is 2. The second kappa shape index (κ2) is 8.04. The summed E-state index contributed by atoms with van der Waals surface area (Å²) in [5.74, 6) is 0.642. The molecular formula is C22H22ClN5O3S. The molecule has 32 heavy (non-hydrogen) atoms. The van der Waals surface area contributed by atoms with Crippen molar-refractivity contribution in [1.82, 2.24) is 19.5 Å². The molecule has 0 spiro atoms. The van der Waals surface area contributed by atoms with Crippen LogP contribution in [0.25, 0.3) is 11.0 Å². The van der Waals surface area contributed by atoms with Gasteiger partial charge in [-0.1, -0.05) is 29.4 Å². The lowest BCUT2D eigenvalue weighted by molar-refractivity contribution is -0.115. The van der Waals surface area contributed by atoms with Crippen molar-refractivity contribution in [2.75, 3.05) is 5.32 Å². The van der Waals surface area contributed by atoms with E-state index in [1.54, 1.807) is 23.6 Å². The topological polar surface area (TPSA) is 110 Å². The van der Waals surface area contributed by atoms with E-state index in [0.29, 0.717) is 27.2 Å². The highest BCUT2D eigenvalue weighted by Crippen LogP contribution is 2.41. The highest BCUT2D eigenvalue weighted by molar-refractivity contribution is 8.00. The summed E-state index contributed by atoms with van der Waals surface area (Å²) < 4.78 is 1.58. The van der Waals surface area contributed by atoms with E-state index in [9.17, 15) is 14.4 Å². The zero-order chi connectivity index (χ0) is 22.6. The maximum absolute atomic E-state index is 12.9. The van der Waals surface area contributed by atoms with Crippen LogP contribution in [-0.2, 0) is 4.79 Å². The molecule has 1 amide bonds. The van der Waals surface area contributed by atoms with Gasteiger partial charge < -0.3 is 5.32 Å². The molecular weight excluding hydrogens is 450 g/mol. The predicted molar refractivity (Wildman–Crippen MR) is 125 cm³/mol. The number of carbonyl (C=O) groups excluding carboxylic acids is 1. The molecule has 0 saturated heterocycles. The number of amides is 1. The van der Waals surface area contributed by atoms with E-state index >= 15 is 0 Å². The van der Waals surface area contributed by atoms with Crippen molar-refractivity contribution in [2.24, 2.45) is 0 Å². The lowest BCUT2D eigenvalue weighted by Gasteiger charge is -2.16. The average molecular weight is 472 g/mol. The maximum Gasteiger partial charge on any atom is 0.330 e. The highest BCUT2D eigenvalue weighted by atomic mass is 35.5. The van der Waals surface area contributed by atoms with Gasteiger partial charge in [-0.25, -0.2) is 14.8 Å². The molecule has 1 unspecified atom stereocenters. The van der Waals surface area contributed by atoms with Crippen molar-refractivity contribution in [2.45, 2.75) is 61.8 Å². The van der Waals surface area contributed by atoms with Crippen molar-refractivity contribution in [1.29, 1.82) is 0 Å². The quantitative estimate of drug-likeness (QED) is 0.418. The number of aromatic nitrogens is 4. The molecule has 8 nitrogen and oxygen atoms in total. The van der Waals surface area contributed by atoms with E-state index in [-0.39, 0.29) is 23.3 Å². The number of halogens is 1. The van der Waals surface area contributed by atoms with Crippen LogP contribution < -0.4 is 16.6 Å². The Balaban J connectivity index is 1.52. The SMILES string of the molecule is Cc1ccc(Cl)cc1NC(=O)C(C)Sc1nc(C2CC2)nc2c1c(=O)[nH]c(=O)n2C1CC1. The third kappa shape index (κ3) is 4.06. The summed E-state index contributed by atoms with van der Waals surface area (Å²) >= 11 is 7.26. The molecule has 0 aliphatic heterocycles. The summed E-state index contributed by atoms with van der Waals surface area (Å²) in [6.45, 7) is 3.65. The van der Waals surface area contributed by atoms with Crippen LogP contribution in [0.2, 0.25) is 5.02 Å². The second-order valence-electron chi connectivity index (χ2n) is 8.43. The number of carbonyl (C=O) groups is 1. The van der Waals surface area contributed by atoms with Gasteiger partial charge in [0.25, 0.3) is 5.56 Å². The number of hydrogen-bond acceptors (Lipinski definition) is 6. The van der Waals surface area contributed by atoms with Crippen LogP contribution in [0.4, 0.5) is 5.69 Å². The Morgan fingerprint density at radius 1 is 1.25 bits per heavy atom. The number of nitrogens with zero attached hydrogens (tertiary/aromatic N) is 3. The lowest BCUT2D eigenvalue weighted by Crippen LogP contribution is -2.31. The molecule has 2 N–H and O–H groups in total. The first-order chi connectivity index (χ1) is 15.3. The van der Waals surface area contributed by atoms with Crippen LogP contribution in [0.5, 0.6) is 0 Å². The molecule has 1 atom stereocenters. The number of anilines is 1. The normalized spacial score (nSPS) is 16.8. The van der Waals surface area contributed by atoms with Gasteiger partial charge >= 0.3 is 5.69 Å². The maximum atomic E-state index is 12.9. The molecule has 2 aliphatic carbocycles. The van der Waals surface area contributed by atoms with Crippen LogP contribution in [0, 0.1) is 6.92 Å². The van der Waals surface area contributed by atoms with Crippen LogP contribution >= 0.6 is 23.4 Å². The zero-order valence-electron chi connectivity index (χ0n) is 17.6. The average Bonchev–Trinajstić information content (AvgIpc) is 3.63. The fourth-order valence-corrected chi connectivity index (χ4v) is 4.72. The van der Waals surface area contributed by atoms with Crippen LogP contribution in [0.1, 0.15) is 56.0 Å². The van der Waals surface area contributed by atoms with E-state index < -0.39 is 16.5 Å². The number of fused-ring (bicyclic) bond motifs is 1. The third-order valence-electron chi connectivity index (χ3n) is 5.74. The minimum absolute atomic E-state index is 0.0492. The van der Waals surface area contributed by atoms with Gasteiger partial charge in [0.2, 0.25) is 5.91 Å². The molecule has 2 aromatic heterocycles. The summed E-state index contributed by atoms with van der Waals surface area (Å²) in [6, 6.07) is 5.36. The summed E-state index contributed by atoms with van der Waals surface area (Å²) in [7, 11) is 0. The van der Waals surface area contributed by atoms with Gasteiger partial charge in [0.1, 0.15) is 16.2 Å². The Labute approximate surface area is 192 Å². The fraction of sp³-hybridized carbons (Fsp3) is 0.409. The van der Waals surface area contributed by atoms with Crippen molar-refractivity contribution in [3.05, 3.63) is 55.4 Å². The molecule has 1 aromatic carbocycles. The first-order valence-electron chi connectivity index (χ1n) is 10.6. The highest BCUT2D eigenvalue weighted by Gasteiger charge is 2.33. The van der Waals surface area contributed by atoms with E-state index in [1.807, 2.05) is 13.0 Å². The number of thioether (sulfide) groups is 1. The minimum atomic E-state index is -0.542. The van der Waals surface area contributed by atoms with Gasteiger partial charge in [-0.05, 0) is 57.2 Å². The first-order valence-corrected chi connectivity index (χ1v) is 11.9. The Bertz CT molecular complexity index is 1360. The zero-order valence-corrected chi connectivity index (χ0v) is 19.2. The van der Waals surface area contributed by atoms with E-state index in [4.69, 9.17) is 11.6 Å². The summed E-state index contributed by atoms with van der Waals surface area (Å²) in [6.07, 6.45) is 3.72. The molecule has 10 heteroatoms. The van der Waals surface area contributed by atoms with Gasteiger partial charge in [0, 0.05) is 22.7 Å². The second-order valence-corrected chi connectivity index (χ2v) is 10.2. The number of H-pyrrole nitrogens is 1. The summed E-state index contributed by atoms with van der Waals surface area (Å²) in [4.78, 5) is 49.9. The Morgan fingerprint density at radius 3 is 2.69 bits per heavy atom. The molecule has 2 saturated carbocycles. The predicted octanol–water partition coefficient (Wildman–Crippen LogP) is 3.77. The fourth-order valence-electron chi connectivity index (χ4n) is 3.60. The van der Waals surface area contributed by atoms with Gasteiger partial charge in [0.05, 0.1) is 5.25 Å². The molecule has 166 valence electrons. The van der Waals surface area contributed by atoms with Gasteiger partial charge in [-0.2, -0.15) is 0 Å². The Hall–Kier alpha value is -2.65. The molecule has 2 heterocycles. The van der Waals surface area contributed by atoms with Gasteiger partial charge in [0.15, 0.2) is 5.65 Å². The van der Waals surface area contributed by atoms with Crippen molar-refractivity contribution in [3.63, 3.8) is 0 Å². The van der Waals surface area contributed by atoms with Crippen LogP contribution in [0.15, 0.2) is 32.8 Å². The Kier molecular flexibility index (Phi) is 5.33. The number of aryl methyl sites for hydroxylation is 1. The molecule has 0 bridgehead atoms. The molecule has 3 aromatic rings. The van der Waals surface area contributed by atoms with Gasteiger partial charge in [-0.3, -0.25) is 19.1 Å². The van der Waals surface area contributed by atoms with E-state index in [2.05, 4.69) is 20.3 Å². The van der Waals surface area contributed by atoms with Crippen molar-refractivity contribution in [3.8, 4) is 0 Å². The van der Waals surface area contributed by atoms with Gasteiger partial charge in [-0.15, -0.1) is 0 Å². The molecule has 0 radical (unpaired) electrons. The van der Waals surface area contributed by atoms with E-state index in [0.717, 1.165) is 31.2 Å². The minimum Gasteiger partial charge on any atom is -0.325 e. The molecule has 2 aliphatic rings. The number of nitrogens with one attached hydrogen (secondary N) is 2. The Morgan fingerprint density at radius 2 is 2.00 bits per heavy atom. The molecule has 2 fully saturated rings. The van der Waals surface area contributed by atoms with Crippen LogP contribution in [-0.4, -0.2) is 30.7 Å². The number of benzene rings is 1. The first kappa shape index (κ1) is 21.2. The third-order valence-corrected chi connectivity index (χ3v) is 7.06. The largest absolute Gasteiger partial charge is 0.330 e. The van der Waals surface area contributed by atoms with E-state index in [1.165, 1.54) is 11.8 Å². The number of aromatic amines is 1. The summed E-state index contributed by atoms with van der Waals surface area (Å²) in [5, 5.41) is 3.59. The number of rotatable bonds is 6. The van der Waals surface area contributed by atoms with Crippen molar-refractivity contribution >= 4 is 46.0 Å².